The number of primary amides is 1. The molecule has 9 nitrogen and oxygen atoms in total. The van der Waals surface area contributed by atoms with E-state index in [1.54, 1.807) is 17.2 Å². The van der Waals surface area contributed by atoms with Gasteiger partial charge in [-0.1, -0.05) is 42.5 Å². The first-order valence-electron chi connectivity index (χ1n) is 11.0. The maximum absolute atomic E-state index is 12.6. The highest BCUT2D eigenvalue weighted by Crippen LogP contribution is 2.42. The molecule has 0 spiro atoms. The van der Waals surface area contributed by atoms with Crippen LogP contribution >= 0.6 is 8.25 Å². The van der Waals surface area contributed by atoms with Gasteiger partial charge in [0.15, 0.2) is 12.0 Å². The lowest BCUT2D eigenvalue weighted by molar-refractivity contribution is -0.201. The number of fused-ring (bicyclic) bond motifs is 2. The van der Waals surface area contributed by atoms with E-state index in [1.807, 2.05) is 62.5 Å². The van der Waals surface area contributed by atoms with E-state index in [0.29, 0.717) is 17.7 Å². The topological polar surface area (TPSA) is 110 Å². The molecule has 2 aromatic rings. The van der Waals surface area contributed by atoms with Crippen LogP contribution in [-0.4, -0.2) is 47.7 Å². The summed E-state index contributed by atoms with van der Waals surface area (Å²) in [6.45, 7) is 3.61. The molecule has 5 atom stereocenters. The second kappa shape index (κ2) is 9.09. The number of carbonyl (C=O) groups is 1. The molecule has 0 aliphatic carbocycles. The Morgan fingerprint density at radius 1 is 1.18 bits per heavy atom. The van der Waals surface area contributed by atoms with Gasteiger partial charge in [-0.3, -0.25) is 9.32 Å². The molecule has 5 rings (SSSR count). The van der Waals surface area contributed by atoms with Crippen LogP contribution in [0.15, 0.2) is 66.5 Å². The second-order valence-electron chi connectivity index (χ2n) is 8.77. The maximum atomic E-state index is 12.6. The van der Waals surface area contributed by atoms with Crippen LogP contribution in [0.2, 0.25) is 0 Å². The van der Waals surface area contributed by atoms with E-state index in [0.717, 1.165) is 10.8 Å². The van der Waals surface area contributed by atoms with Gasteiger partial charge in [-0.2, -0.15) is 0 Å². The van der Waals surface area contributed by atoms with E-state index in [2.05, 4.69) is 0 Å². The molecular formula is C24H26N2O7P. The SMILES string of the molecule is CC1(C)O[C@@H]2[C@H](O1)C(CO[P](=O)Oc1cccc3ccccc13)O[C@H]2N1C=CCC(C(N)=O)=C1. The third-order valence-corrected chi connectivity index (χ3v) is 6.63. The van der Waals surface area contributed by atoms with Crippen LogP contribution in [0.25, 0.3) is 10.8 Å². The number of nitrogens with zero attached hydrogens (tertiary/aromatic N) is 1. The van der Waals surface area contributed by atoms with Crippen molar-refractivity contribution < 1.29 is 32.6 Å². The third-order valence-electron chi connectivity index (χ3n) is 5.92. The van der Waals surface area contributed by atoms with Crippen LogP contribution < -0.4 is 10.3 Å². The fourth-order valence-electron chi connectivity index (χ4n) is 4.45. The predicted molar refractivity (Wildman–Crippen MR) is 123 cm³/mol. The van der Waals surface area contributed by atoms with Crippen molar-refractivity contribution in [3.63, 3.8) is 0 Å². The monoisotopic (exact) mass is 485 g/mol. The number of amides is 1. The molecule has 3 aliphatic heterocycles. The van der Waals surface area contributed by atoms with E-state index in [9.17, 15) is 9.36 Å². The fourth-order valence-corrected chi connectivity index (χ4v) is 5.09. The van der Waals surface area contributed by atoms with Gasteiger partial charge >= 0.3 is 8.25 Å². The zero-order valence-electron chi connectivity index (χ0n) is 18.8. The van der Waals surface area contributed by atoms with Crippen LogP contribution in [0, 0.1) is 0 Å². The summed E-state index contributed by atoms with van der Waals surface area (Å²) >= 11 is 0. The molecule has 10 heteroatoms. The highest BCUT2D eigenvalue weighted by atomic mass is 31.1. The molecule has 34 heavy (non-hydrogen) atoms. The van der Waals surface area contributed by atoms with E-state index in [4.69, 9.17) is 29.0 Å². The van der Waals surface area contributed by atoms with Gasteiger partial charge in [0.05, 0.1) is 6.61 Å². The molecule has 179 valence electrons. The number of benzene rings is 2. The van der Waals surface area contributed by atoms with Crippen molar-refractivity contribution in [2.24, 2.45) is 5.73 Å². The molecule has 0 bridgehead atoms. The van der Waals surface area contributed by atoms with Gasteiger partial charge in [0.2, 0.25) is 5.91 Å². The number of nitrogens with two attached hydrogens (primary N) is 1. The second-order valence-corrected chi connectivity index (χ2v) is 9.66. The Labute approximate surface area is 198 Å². The van der Waals surface area contributed by atoms with Gasteiger partial charge in [-0.25, -0.2) is 4.57 Å². The summed E-state index contributed by atoms with van der Waals surface area (Å²) in [5, 5.41) is 1.82. The zero-order chi connectivity index (χ0) is 23.9. The quantitative estimate of drug-likeness (QED) is 0.591. The molecule has 0 aromatic heterocycles. The molecule has 2 saturated heterocycles. The third kappa shape index (κ3) is 4.58. The summed E-state index contributed by atoms with van der Waals surface area (Å²) in [6, 6.07) is 13.2. The average molecular weight is 485 g/mol. The molecule has 2 N–H and O–H groups in total. The van der Waals surface area contributed by atoms with E-state index >= 15 is 0 Å². The van der Waals surface area contributed by atoms with Crippen LogP contribution in [0.4, 0.5) is 0 Å². The Hall–Kier alpha value is -2.81. The van der Waals surface area contributed by atoms with Gasteiger partial charge in [0, 0.05) is 23.4 Å². The van der Waals surface area contributed by atoms with Gasteiger partial charge in [0.1, 0.15) is 24.1 Å². The van der Waals surface area contributed by atoms with E-state index in [1.165, 1.54) is 0 Å². The molecule has 3 aliphatic rings. The number of carbonyl (C=O) groups excluding carboxylic acids is 1. The lowest BCUT2D eigenvalue weighted by atomic mass is 10.1. The number of ether oxygens (including phenoxy) is 3. The normalized spacial score (nSPS) is 28.0. The first-order chi connectivity index (χ1) is 16.3. The smallest absolute Gasteiger partial charge is 0.397 e. The van der Waals surface area contributed by atoms with Gasteiger partial charge in [-0.15, -0.1) is 0 Å². The average Bonchev–Trinajstić information content (AvgIpc) is 3.31. The summed E-state index contributed by atoms with van der Waals surface area (Å²) in [6.07, 6.45) is 3.72. The van der Waals surface area contributed by atoms with Crippen molar-refractivity contribution >= 4 is 24.9 Å². The first-order valence-corrected chi connectivity index (χ1v) is 12.1. The van der Waals surface area contributed by atoms with Crippen LogP contribution in [0.1, 0.15) is 20.3 Å². The van der Waals surface area contributed by atoms with Crippen molar-refractivity contribution in [2.75, 3.05) is 6.61 Å². The van der Waals surface area contributed by atoms with Crippen LogP contribution in [-0.2, 0) is 28.1 Å². The molecule has 0 saturated carbocycles. The van der Waals surface area contributed by atoms with Crippen molar-refractivity contribution in [1.29, 1.82) is 0 Å². The summed E-state index contributed by atoms with van der Waals surface area (Å²) in [4.78, 5) is 13.4. The minimum Gasteiger partial charge on any atom is -0.397 e. The Balaban J connectivity index is 1.28. The van der Waals surface area contributed by atoms with Crippen molar-refractivity contribution in [3.05, 3.63) is 66.5 Å². The lowest BCUT2D eigenvalue weighted by Crippen LogP contribution is -2.40. The minimum absolute atomic E-state index is 0.0268. The Kier molecular flexibility index (Phi) is 6.14. The number of rotatable bonds is 7. The molecule has 2 fully saturated rings. The Morgan fingerprint density at radius 2 is 1.94 bits per heavy atom. The highest BCUT2D eigenvalue weighted by Gasteiger charge is 2.56. The van der Waals surface area contributed by atoms with Crippen LogP contribution in [0.3, 0.4) is 0 Å². The Bertz CT molecular complexity index is 1180. The first kappa shape index (κ1) is 23.0. The van der Waals surface area contributed by atoms with Gasteiger partial charge in [-0.05, 0) is 31.7 Å². The molecule has 1 amide bonds. The van der Waals surface area contributed by atoms with Crippen LogP contribution in [0.5, 0.6) is 5.75 Å². The minimum atomic E-state index is -2.46. The van der Waals surface area contributed by atoms with Crippen molar-refractivity contribution in [1.82, 2.24) is 4.90 Å². The number of hydrogen-bond acceptors (Lipinski definition) is 8. The van der Waals surface area contributed by atoms with Crippen molar-refractivity contribution in [3.8, 4) is 5.75 Å². The van der Waals surface area contributed by atoms with Gasteiger partial charge in [0.25, 0.3) is 0 Å². The summed E-state index contributed by atoms with van der Waals surface area (Å²) in [5.41, 5.74) is 5.92. The molecule has 1 radical (unpaired) electrons. The van der Waals surface area contributed by atoms with E-state index < -0.39 is 44.5 Å². The number of allylic oxidation sites excluding steroid dienone is 1. The van der Waals surface area contributed by atoms with Crippen molar-refractivity contribution in [2.45, 2.75) is 50.6 Å². The zero-order valence-corrected chi connectivity index (χ0v) is 19.7. The molecular weight excluding hydrogens is 459 g/mol. The Morgan fingerprint density at radius 3 is 2.76 bits per heavy atom. The fraction of sp³-hybridized carbons (Fsp3) is 0.375. The molecule has 2 aromatic carbocycles. The summed E-state index contributed by atoms with van der Waals surface area (Å²) in [7, 11) is -2.46. The highest BCUT2D eigenvalue weighted by molar-refractivity contribution is 7.33. The standard InChI is InChI=1S/C24H26N2O7P/c1-24(2)31-20-19(30-23(21(20)32-24)26-12-6-9-16(13-26)22(25)27)14-29-34(28)33-18-11-5-8-15-7-3-4-10-17(15)18/h3-8,10-13,19-21,23H,9,14H2,1-2H3,(H2,25,27)/t19?,20-,21-,23-/m1/s1. The molecule has 2 unspecified atom stereocenters. The maximum Gasteiger partial charge on any atom is 0.429 e. The van der Waals surface area contributed by atoms with Gasteiger partial charge < -0.3 is 29.4 Å². The predicted octanol–water partition coefficient (Wildman–Crippen LogP) is 3.73. The lowest BCUT2D eigenvalue weighted by Gasteiger charge is -2.31. The summed E-state index contributed by atoms with van der Waals surface area (Å²) < 4.78 is 42.1. The van der Waals surface area contributed by atoms with E-state index in [-0.39, 0.29) is 6.61 Å². The summed E-state index contributed by atoms with van der Waals surface area (Å²) in [5.74, 6) is -0.839. The number of hydrogen-bond donors (Lipinski definition) is 1. The molecule has 3 heterocycles. The largest absolute Gasteiger partial charge is 0.429 e.